The topological polar surface area (TPSA) is 52.6 Å². The van der Waals surface area contributed by atoms with Gasteiger partial charge in [-0.2, -0.15) is 0 Å². The second-order valence-corrected chi connectivity index (χ2v) is 2.71. The van der Waals surface area contributed by atoms with Crippen LogP contribution >= 0.6 is 0 Å². The molecule has 0 radical (unpaired) electrons. The highest BCUT2D eigenvalue weighted by Gasteiger charge is 1.90. The Morgan fingerprint density at radius 2 is 1.28 bits per heavy atom. The number of hydrogen-bond acceptors (Lipinski definition) is 4. The van der Waals surface area contributed by atoms with Crippen LogP contribution in [0, 0.1) is 23.7 Å². The second kappa shape index (κ2) is 11.0. The van der Waals surface area contributed by atoms with Gasteiger partial charge in [-0.1, -0.05) is 11.8 Å². The Balaban J connectivity index is 4.05. The summed E-state index contributed by atoms with van der Waals surface area (Å²) in [5.74, 6) is 9.14. The maximum Gasteiger partial charge on any atom is 0.331 e. The zero-order chi connectivity index (χ0) is 13.6. The van der Waals surface area contributed by atoms with Gasteiger partial charge in [-0.05, 0) is 37.8 Å². The highest BCUT2D eigenvalue weighted by atomic mass is 16.5. The third kappa shape index (κ3) is 10.1. The van der Waals surface area contributed by atoms with Gasteiger partial charge in [-0.3, -0.25) is 0 Å². The van der Waals surface area contributed by atoms with Crippen molar-refractivity contribution in [3.05, 3.63) is 24.3 Å². The summed E-state index contributed by atoms with van der Waals surface area (Å²) in [7, 11) is 0. The Bertz CT molecular complexity index is 406. The lowest BCUT2D eigenvalue weighted by atomic mass is 10.4. The summed E-state index contributed by atoms with van der Waals surface area (Å²) >= 11 is 0. The van der Waals surface area contributed by atoms with Crippen LogP contribution in [0.2, 0.25) is 0 Å². The lowest BCUT2D eigenvalue weighted by molar-refractivity contribution is -0.138. The molecular formula is C14H14O4. The summed E-state index contributed by atoms with van der Waals surface area (Å²) < 4.78 is 9.29. The molecule has 0 bridgehead atoms. The van der Waals surface area contributed by atoms with Crippen LogP contribution in [-0.2, 0) is 19.1 Å². The molecule has 0 saturated heterocycles. The largest absolute Gasteiger partial charge is 0.463 e. The molecular weight excluding hydrogens is 232 g/mol. The molecule has 18 heavy (non-hydrogen) atoms. The van der Waals surface area contributed by atoms with Crippen molar-refractivity contribution in [2.45, 2.75) is 13.8 Å². The standard InChI is InChI=1S/C14H14O4/c1-3-17-13(15)11-9-7-5-6-8-10-12-14(16)18-4-2/h9-12H,3-4H2,1-2H3/b11-9-,12-10+. The minimum atomic E-state index is -0.443. The van der Waals surface area contributed by atoms with Crippen LogP contribution in [0.4, 0.5) is 0 Å². The van der Waals surface area contributed by atoms with E-state index in [0.717, 1.165) is 0 Å². The number of esters is 2. The molecule has 0 spiro atoms. The number of carbonyl (C=O) groups is 2. The third-order valence-electron chi connectivity index (χ3n) is 1.39. The van der Waals surface area contributed by atoms with Gasteiger partial charge in [0.15, 0.2) is 0 Å². The van der Waals surface area contributed by atoms with Crippen LogP contribution in [0.25, 0.3) is 0 Å². The van der Waals surface area contributed by atoms with Crippen molar-refractivity contribution >= 4 is 11.9 Å². The molecule has 94 valence electrons. The summed E-state index contributed by atoms with van der Waals surface area (Å²) in [6.07, 6.45) is 5.13. The van der Waals surface area contributed by atoms with Crippen molar-refractivity contribution in [2.75, 3.05) is 13.2 Å². The van der Waals surface area contributed by atoms with Crippen LogP contribution in [0.3, 0.4) is 0 Å². The summed E-state index contributed by atoms with van der Waals surface area (Å²) in [4.78, 5) is 21.7. The lowest BCUT2D eigenvalue weighted by Crippen LogP contribution is -1.98. The Hall–Kier alpha value is -2.46. The van der Waals surface area contributed by atoms with E-state index in [2.05, 4.69) is 33.2 Å². The Morgan fingerprint density at radius 3 is 1.61 bits per heavy atom. The monoisotopic (exact) mass is 246 g/mol. The first-order valence-corrected chi connectivity index (χ1v) is 5.38. The summed E-state index contributed by atoms with van der Waals surface area (Å²) in [5, 5.41) is 0. The maximum atomic E-state index is 10.8. The van der Waals surface area contributed by atoms with E-state index in [1.165, 1.54) is 24.3 Å². The van der Waals surface area contributed by atoms with E-state index in [4.69, 9.17) is 0 Å². The van der Waals surface area contributed by atoms with Crippen molar-refractivity contribution < 1.29 is 19.1 Å². The van der Waals surface area contributed by atoms with Gasteiger partial charge >= 0.3 is 11.9 Å². The van der Waals surface area contributed by atoms with Crippen LogP contribution < -0.4 is 0 Å². The molecule has 0 aliphatic rings. The van der Waals surface area contributed by atoms with Gasteiger partial charge in [0, 0.05) is 12.2 Å². The third-order valence-corrected chi connectivity index (χ3v) is 1.39. The summed E-state index contributed by atoms with van der Waals surface area (Å²) in [6.45, 7) is 4.10. The first-order valence-electron chi connectivity index (χ1n) is 5.38. The fourth-order valence-electron chi connectivity index (χ4n) is 0.756. The van der Waals surface area contributed by atoms with Gasteiger partial charge < -0.3 is 9.47 Å². The minimum Gasteiger partial charge on any atom is -0.463 e. The minimum absolute atomic E-state index is 0.328. The maximum absolute atomic E-state index is 10.8. The van der Waals surface area contributed by atoms with Gasteiger partial charge in [0.05, 0.1) is 13.2 Å². The predicted molar refractivity (Wildman–Crippen MR) is 67.1 cm³/mol. The average molecular weight is 246 g/mol. The molecule has 0 heterocycles. The summed E-state index contributed by atoms with van der Waals surface area (Å²) in [6, 6.07) is 0. The van der Waals surface area contributed by atoms with Gasteiger partial charge in [0.25, 0.3) is 0 Å². The Labute approximate surface area is 107 Å². The first kappa shape index (κ1) is 15.5. The van der Waals surface area contributed by atoms with Crippen molar-refractivity contribution in [3.8, 4) is 23.7 Å². The van der Waals surface area contributed by atoms with Crippen LogP contribution in [0.5, 0.6) is 0 Å². The lowest BCUT2D eigenvalue weighted by Gasteiger charge is -1.91. The molecule has 0 aliphatic heterocycles. The molecule has 0 fully saturated rings. The molecule has 4 heteroatoms. The first-order chi connectivity index (χ1) is 8.70. The van der Waals surface area contributed by atoms with E-state index in [-0.39, 0.29) is 0 Å². The van der Waals surface area contributed by atoms with E-state index in [9.17, 15) is 9.59 Å². The number of hydrogen-bond donors (Lipinski definition) is 0. The molecule has 0 unspecified atom stereocenters. The van der Waals surface area contributed by atoms with E-state index in [1.807, 2.05) is 0 Å². The molecule has 0 aromatic rings. The Kier molecular flexibility index (Phi) is 9.53. The van der Waals surface area contributed by atoms with Crippen molar-refractivity contribution in [1.29, 1.82) is 0 Å². The van der Waals surface area contributed by atoms with Gasteiger partial charge in [-0.25, -0.2) is 9.59 Å². The van der Waals surface area contributed by atoms with Gasteiger partial charge in [0.1, 0.15) is 0 Å². The molecule has 0 amide bonds. The van der Waals surface area contributed by atoms with E-state index in [1.54, 1.807) is 13.8 Å². The number of carbonyl (C=O) groups excluding carboxylic acids is 2. The van der Waals surface area contributed by atoms with Crippen LogP contribution in [-0.4, -0.2) is 25.2 Å². The molecule has 0 aromatic carbocycles. The normalized spacial score (nSPS) is 9.22. The molecule has 4 nitrogen and oxygen atoms in total. The average Bonchev–Trinajstić information content (AvgIpc) is 2.33. The fraction of sp³-hybridized carbons (Fsp3) is 0.286. The van der Waals surface area contributed by atoms with Crippen molar-refractivity contribution in [3.63, 3.8) is 0 Å². The van der Waals surface area contributed by atoms with E-state index < -0.39 is 11.9 Å². The highest BCUT2D eigenvalue weighted by molar-refractivity contribution is 5.83. The quantitative estimate of drug-likeness (QED) is 0.425. The van der Waals surface area contributed by atoms with Gasteiger partial charge in [0.2, 0.25) is 0 Å². The second-order valence-electron chi connectivity index (χ2n) is 2.71. The predicted octanol–water partition coefficient (Wildman–Crippen LogP) is 1.23. The number of allylic oxidation sites excluding steroid dienone is 2. The van der Waals surface area contributed by atoms with E-state index >= 15 is 0 Å². The smallest absolute Gasteiger partial charge is 0.331 e. The van der Waals surface area contributed by atoms with Crippen molar-refractivity contribution in [1.82, 2.24) is 0 Å². The highest BCUT2D eigenvalue weighted by Crippen LogP contribution is 1.80. The summed E-state index contributed by atoms with van der Waals surface area (Å²) in [5.41, 5.74) is 0. The molecule has 0 atom stereocenters. The molecule has 0 saturated carbocycles. The Morgan fingerprint density at radius 1 is 0.889 bits per heavy atom. The zero-order valence-electron chi connectivity index (χ0n) is 10.4. The van der Waals surface area contributed by atoms with Crippen LogP contribution in [0.1, 0.15) is 13.8 Å². The molecule has 0 aliphatic carbocycles. The van der Waals surface area contributed by atoms with E-state index in [0.29, 0.717) is 13.2 Å². The molecule has 0 N–H and O–H groups in total. The van der Waals surface area contributed by atoms with Crippen molar-refractivity contribution in [2.24, 2.45) is 0 Å². The van der Waals surface area contributed by atoms with Crippen LogP contribution in [0.15, 0.2) is 24.3 Å². The molecule has 0 aromatic heterocycles. The van der Waals surface area contributed by atoms with Gasteiger partial charge in [-0.15, -0.1) is 0 Å². The SMILES string of the molecule is CCOC(=O)/C=C\C#CC#C/C=C/C(=O)OCC. The number of ether oxygens (including phenoxy) is 2. The number of rotatable bonds is 4. The zero-order valence-corrected chi connectivity index (χ0v) is 10.4. The molecule has 0 rings (SSSR count). The fourth-order valence-corrected chi connectivity index (χ4v) is 0.756.